The minimum absolute atomic E-state index is 0.0977. The number of rotatable bonds is 9. The summed E-state index contributed by atoms with van der Waals surface area (Å²) in [5.74, 6) is 0.889. The maximum atomic E-state index is 12.1. The molecule has 0 aliphatic carbocycles. The van der Waals surface area contributed by atoms with E-state index in [-0.39, 0.29) is 11.8 Å². The summed E-state index contributed by atoms with van der Waals surface area (Å²) in [7, 11) is 1.68. The van der Waals surface area contributed by atoms with E-state index in [0.29, 0.717) is 18.8 Å². The summed E-state index contributed by atoms with van der Waals surface area (Å²) >= 11 is 0. The second-order valence-corrected chi connectivity index (χ2v) is 4.34. The maximum absolute atomic E-state index is 12.1. The van der Waals surface area contributed by atoms with Gasteiger partial charge in [-0.1, -0.05) is 0 Å². The van der Waals surface area contributed by atoms with Crippen LogP contribution in [-0.2, 0) is 4.74 Å². The molecular formula is C15H23NO3. The van der Waals surface area contributed by atoms with E-state index < -0.39 is 0 Å². The number of benzene rings is 1. The van der Waals surface area contributed by atoms with Crippen molar-refractivity contribution in [1.82, 2.24) is 5.32 Å². The summed E-state index contributed by atoms with van der Waals surface area (Å²) in [5.41, 5.74) is 0.704. The van der Waals surface area contributed by atoms with Crippen LogP contribution in [0.2, 0.25) is 0 Å². The number of carbonyl (C=O) groups is 1. The quantitative estimate of drug-likeness (QED) is 0.549. The van der Waals surface area contributed by atoms with Gasteiger partial charge < -0.3 is 14.8 Å². The normalized spacial score (nSPS) is 12.2. The monoisotopic (exact) mass is 265 g/mol. The minimum Gasteiger partial charge on any atom is -0.494 e. The molecule has 0 heterocycles. The number of nitrogens with one attached hydrogen (secondary N) is 1. The SMILES string of the molecule is CCOc1ccc(C(=O)C(C)NCCCOC)cc1. The van der Waals surface area contributed by atoms with Crippen LogP contribution < -0.4 is 10.1 Å². The molecule has 1 aromatic carbocycles. The predicted octanol–water partition coefficient (Wildman–Crippen LogP) is 2.28. The second kappa shape index (κ2) is 8.67. The number of hydrogen-bond acceptors (Lipinski definition) is 4. The van der Waals surface area contributed by atoms with E-state index in [4.69, 9.17) is 9.47 Å². The molecule has 1 rings (SSSR count). The number of methoxy groups -OCH3 is 1. The predicted molar refractivity (Wildman–Crippen MR) is 75.9 cm³/mol. The van der Waals surface area contributed by atoms with E-state index >= 15 is 0 Å². The van der Waals surface area contributed by atoms with Crippen LogP contribution in [0.3, 0.4) is 0 Å². The average molecular weight is 265 g/mol. The van der Waals surface area contributed by atoms with Crippen molar-refractivity contribution in [2.75, 3.05) is 26.9 Å². The zero-order valence-corrected chi connectivity index (χ0v) is 11.9. The molecule has 0 saturated carbocycles. The van der Waals surface area contributed by atoms with Gasteiger partial charge in [-0.05, 0) is 51.1 Å². The lowest BCUT2D eigenvalue weighted by Gasteiger charge is -2.13. The van der Waals surface area contributed by atoms with E-state index in [1.54, 1.807) is 19.2 Å². The molecule has 0 bridgehead atoms. The van der Waals surface area contributed by atoms with E-state index in [1.165, 1.54) is 0 Å². The van der Waals surface area contributed by atoms with Gasteiger partial charge in [-0.3, -0.25) is 4.79 Å². The number of carbonyl (C=O) groups excluding carboxylic acids is 1. The molecule has 1 aromatic rings. The molecule has 0 saturated heterocycles. The van der Waals surface area contributed by atoms with E-state index in [9.17, 15) is 4.79 Å². The Morgan fingerprint density at radius 2 is 2.00 bits per heavy atom. The molecule has 0 amide bonds. The standard InChI is InChI=1S/C15H23NO3/c1-4-19-14-8-6-13(7-9-14)15(17)12(2)16-10-5-11-18-3/h6-9,12,16H,4-5,10-11H2,1-3H3. The molecule has 0 spiro atoms. The smallest absolute Gasteiger partial charge is 0.179 e. The molecule has 0 aromatic heterocycles. The van der Waals surface area contributed by atoms with Crippen LogP contribution in [0.25, 0.3) is 0 Å². The fourth-order valence-electron chi connectivity index (χ4n) is 1.76. The lowest BCUT2D eigenvalue weighted by atomic mass is 10.1. The largest absolute Gasteiger partial charge is 0.494 e. The fourth-order valence-corrected chi connectivity index (χ4v) is 1.76. The van der Waals surface area contributed by atoms with Crippen molar-refractivity contribution in [3.63, 3.8) is 0 Å². The highest BCUT2D eigenvalue weighted by Crippen LogP contribution is 2.13. The third kappa shape index (κ3) is 5.41. The van der Waals surface area contributed by atoms with Gasteiger partial charge in [-0.15, -0.1) is 0 Å². The van der Waals surface area contributed by atoms with Gasteiger partial charge >= 0.3 is 0 Å². The Hall–Kier alpha value is -1.39. The van der Waals surface area contributed by atoms with Crippen LogP contribution in [0.1, 0.15) is 30.6 Å². The van der Waals surface area contributed by atoms with Crippen LogP contribution in [0.4, 0.5) is 0 Å². The van der Waals surface area contributed by atoms with Gasteiger partial charge in [0.25, 0.3) is 0 Å². The molecule has 0 radical (unpaired) electrons. The zero-order valence-electron chi connectivity index (χ0n) is 11.9. The fraction of sp³-hybridized carbons (Fsp3) is 0.533. The molecular weight excluding hydrogens is 242 g/mol. The van der Waals surface area contributed by atoms with Gasteiger partial charge in [0.1, 0.15) is 5.75 Å². The molecule has 1 unspecified atom stereocenters. The van der Waals surface area contributed by atoms with E-state index in [1.807, 2.05) is 26.0 Å². The summed E-state index contributed by atoms with van der Waals surface area (Å²) < 4.78 is 10.3. The second-order valence-electron chi connectivity index (χ2n) is 4.34. The van der Waals surface area contributed by atoms with Gasteiger partial charge in [-0.2, -0.15) is 0 Å². The first kappa shape index (κ1) is 15.7. The first-order valence-electron chi connectivity index (χ1n) is 6.68. The minimum atomic E-state index is -0.185. The number of Topliss-reactive ketones (excluding diaryl/α,β-unsaturated/α-hetero) is 1. The highest BCUT2D eigenvalue weighted by atomic mass is 16.5. The third-order valence-electron chi connectivity index (χ3n) is 2.82. The lowest BCUT2D eigenvalue weighted by Crippen LogP contribution is -2.35. The molecule has 1 atom stereocenters. The van der Waals surface area contributed by atoms with Gasteiger partial charge in [-0.25, -0.2) is 0 Å². The van der Waals surface area contributed by atoms with Gasteiger partial charge in [0.2, 0.25) is 0 Å². The Labute approximate surface area is 115 Å². The van der Waals surface area contributed by atoms with E-state index in [2.05, 4.69) is 5.32 Å². The third-order valence-corrected chi connectivity index (χ3v) is 2.82. The maximum Gasteiger partial charge on any atom is 0.179 e. The van der Waals surface area contributed by atoms with Crippen molar-refractivity contribution in [3.8, 4) is 5.75 Å². The molecule has 4 nitrogen and oxygen atoms in total. The highest BCUT2D eigenvalue weighted by molar-refractivity contribution is 5.99. The summed E-state index contributed by atoms with van der Waals surface area (Å²) in [4.78, 5) is 12.1. The van der Waals surface area contributed by atoms with Crippen LogP contribution >= 0.6 is 0 Å². The number of hydrogen-bond donors (Lipinski definition) is 1. The summed E-state index contributed by atoms with van der Waals surface area (Å²) in [6, 6.07) is 7.08. The van der Waals surface area contributed by atoms with Gasteiger partial charge in [0.05, 0.1) is 12.6 Å². The highest BCUT2D eigenvalue weighted by Gasteiger charge is 2.14. The molecule has 0 fully saturated rings. The molecule has 106 valence electrons. The summed E-state index contributed by atoms with van der Waals surface area (Å²) in [5, 5.41) is 3.19. The van der Waals surface area contributed by atoms with Crippen LogP contribution in [0.15, 0.2) is 24.3 Å². The van der Waals surface area contributed by atoms with Crippen LogP contribution in [-0.4, -0.2) is 38.7 Å². The topological polar surface area (TPSA) is 47.6 Å². The Kier molecular flexibility index (Phi) is 7.15. The Balaban J connectivity index is 2.47. The number of ketones is 1. The first-order chi connectivity index (χ1) is 9.19. The zero-order chi connectivity index (χ0) is 14.1. The van der Waals surface area contributed by atoms with Gasteiger partial charge in [0.15, 0.2) is 5.78 Å². The van der Waals surface area contributed by atoms with E-state index in [0.717, 1.165) is 18.7 Å². The summed E-state index contributed by atoms with van der Waals surface area (Å²) in [6.45, 7) is 5.93. The van der Waals surface area contributed by atoms with Crippen molar-refractivity contribution in [2.45, 2.75) is 26.3 Å². The average Bonchev–Trinajstić information content (AvgIpc) is 2.44. The van der Waals surface area contributed by atoms with Crippen molar-refractivity contribution >= 4 is 5.78 Å². The van der Waals surface area contributed by atoms with Crippen molar-refractivity contribution in [2.24, 2.45) is 0 Å². The lowest BCUT2D eigenvalue weighted by molar-refractivity contribution is 0.0949. The Morgan fingerprint density at radius 1 is 1.32 bits per heavy atom. The Bertz CT molecular complexity index is 375. The van der Waals surface area contributed by atoms with Gasteiger partial charge in [0, 0.05) is 19.3 Å². The van der Waals surface area contributed by atoms with Crippen LogP contribution in [0, 0.1) is 0 Å². The summed E-state index contributed by atoms with van der Waals surface area (Å²) in [6.07, 6.45) is 0.900. The number of ether oxygens (including phenoxy) is 2. The van der Waals surface area contributed by atoms with Crippen molar-refractivity contribution in [1.29, 1.82) is 0 Å². The molecule has 19 heavy (non-hydrogen) atoms. The molecule has 0 aliphatic rings. The first-order valence-corrected chi connectivity index (χ1v) is 6.68. The van der Waals surface area contributed by atoms with Crippen molar-refractivity contribution in [3.05, 3.63) is 29.8 Å². The van der Waals surface area contributed by atoms with Crippen molar-refractivity contribution < 1.29 is 14.3 Å². The Morgan fingerprint density at radius 3 is 2.58 bits per heavy atom. The van der Waals surface area contributed by atoms with Crippen LogP contribution in [0.5, 0.6) is 5.75 Å². The molecule has 4 heteroatoms. The molecule has 0 aliphatic heterocycles. The molecule has 1 N–H and O–H groups in total.